The standard InChI is InChI=1S/C9H17N3OS/c1-14-7-8(2-5-13)12-6-9-10-3-4-11-9/h3-4,8,12-13H,2,5-7H2,1H3,(H,10,11). The zero-order valence-electron chi connectivity index (χ0n) is 8.36. The highest BCUT2D eigenvalue weighted by atomic mass is 32.2. The molecule has 0 radical (unpaired) electrons. The molecule has 80 valence electrons. The van der Waals surface area contributed by atoms with Crippen molar-refractivity contribution in [3.63, 3.8) is 0 Å². The fourth-order valence-electron chi connectivity index (χ4n) is 1.24. The maximum absolute atomic E-state index is 8.85. The largest absolute Gasteiger partial charge is 0.396 e. The first-order valence-electron chi connectivity index (χ1n) is 4.68. The van der Waals surface area contributed by atoms with Crippen LogP contribution in [0, 0.1) is 0 Å². The predicted octanol–water partition coefficient (Wildman–Crippen LogP) is 0.613. The number of hydrogen-bond acceptors (Lipinski definition) is 4. The molecule has 0 aromatic carbocycles. The summed E-state index contributed by atoms with van der Waals surface area (Å²) in [5.41, 5.74) is 0. The van der Waals surface area contributed by atoms with E-state index >= 15 is 0 Å². The maximum Gasteiger partial charge on any atom is 0.120 e. The highest BCUT2D eigenvalue weighted by Crippen LogP contribution is 2.02. The van der Waals surface area contributed by atoms with Crippen molar-refractivity contribution >= 4 is 11.8 Å². The summed E-state index contributed by atoms with van der Waals surface area (Å²) in [7, 11) is 0. The molecule has 5 heteroatoms. The van der Waals surface area contributed by atoms with Crippen LogP contribution in [0.25, 0.3) is 0 Å². The summed E-state index contributed by atoms with van der Waals surface area (Å²) in [6.45, 7) is 0.967. The molecule has 1 aromatic rings. The number of H-pyrrole nitrogens is 1. The first-order valence-corrected chi connectivity index (χ1v) is 6.07. The fraction of sp³-hybridized carbons (Fsp3) is 0.667. The summed E-state index contributed by atoms with van der Waals surface area (Å²) >= 11 is 1.78. The van der Waals surface area contributed by atoms with E-state index in [0.29, 0.717) is 6.04 Å². The Labute approximate surface area is 88.5 Å². The molecule has 0 saturated heterocycles. The summed E-state index contributed by atoms with van der Waals surface area (Å²) in [6, 6.07) is 0.361. The Hall–Kier alpha value is -0.520. The fourth-order valence-corrected chi connectivity index (χ4v) is 1.92. The smallest absolute Gasteiger partial charge is 0.120 e. The molecule has 0 amide bonds. The number of aliphatic hydroxyl groups is 1. The minimum Gasteiger partial charge on any atom is -0.396 e. The van der Waals surface area contributed by atoms with Gasteiger partial charge in [0.25, 0.3) is 0 Å². The predicted molar refractivity (Wildman–Crippen MR) is 59.3 cm³/mol. The molecule has 14 heavy (non-hydrogen) atoms. The molecule has 4 nitrogen and oxygen atoms in total. The Morgan fingerprint density at radius 3 is 3.14 bits per heavy atom. The third-order valence-corrected chi connectivity index (χ3v) is 2.69. The minimum absolute atomic E-state index is 0.233. The second-order valence-corrected chi connectivity index (χ2v) is 3.99. The molecule has 3 N–H and O–H groups in total. The lowest BCUT2D eigenvalue weighted by Crippen LogP contribution is -2.32. The minimum atomic E-state index is 0.233. The van der Waals surface area contributed by atoms with Crippen LogP contribution >= 0.6 is 11.8 Å². The summed E-state index contributed by atoms with van der Waals surface area (Å²) < 4.78 is 0. The van der Waals surface area contributed by atoms with Gasteiger partial charge in [0.15, 0.2) is 0 Å². The normalized spacial score (nSPS) is 13.0. The van der Waals surface area contributed by atoms with E-state index in [1.807, 2.05) is 6.20 Å². The number of thioether (sulfide) groups is 1. The molecule has 1 aromatic heterocycles. The van der Waals surface area contributed by atoms with Crippen molar-refractivity contribution < 1.29 is 5.11 Å². The number of aromatic amines is 1. The van der Waals surface area contributed by atoms with Gasteiger partial charge >= 0.3 is 0 Å². The van der Waals surface area contributed by atoms with Gasteiger partial charge in [-0.05, 0) is 12.7 Å². The van der Waals surface area contributed by atoms with E-state index in [-0.39, 0.29) is 6.61 Å². The number of hydrogen-bond donors (Lipinski definition) is 3. The summed E-state index contributed by atoms with van der Waals surface area (Å²) in [5.74, 6) is 1.95. The van der Waals surface area contributed by atoms with Gasteiger partial charge in [-0.2, -0.15) is 11.8 Å². The molecule has 0 spiro atoms. The maximum atomic E-state index is 8.85. The molecule has 0 aliphatic heterocycles. The Morgan fingerprint density at radius 1 is 1.71 bits per heavy atom. The van der Waals surface area contributed by atoms with Gasteiger partial charge in [0.2, 0.25) is 0 Å². The molecule has 1 heterocycles. The van der Waals surface area contributed by atoms with Crippen molar-refractivity contribution in [2.24, 2.45) is 0 Å². The van der Waals surface area contributed by atoms with Crippen molar-refractivity contribution in [3.8, 4) is 0 Å². The van der Waals surface area contributed by atoms with Gasteiger partial charge in [-0.25, -0.2) is 4.98 Å². The average molecular weight is 215 g/mol. The highest BCUT2D eigenvalue weighted by molar-refractivity contribution is 7.98. The zero-order valence-corrected chi connectivity index (χ0v) is 9.18. The number of imidazole rings is 1. The van der Waals surface area contributed by atoms with Crippen molar-refractivity contribution in [1.29, 1.82) is 0 Å². The summed E-state index contributed by atoms with van der Waals surface area (Å²) in [6.07, 6.45) is 6.42. The Kier molecular flexibility index (Phi) is 5.66. The second kappa shape index (κ2) is 6.86. The SMILES string of the molecule is CSCC(CCO)NCc1ncc[nH]1. The molecule has 0 fully saturated rings. The average Bonchev–Trinajstić information content (AvgIpc) is 2.67. The van der Waals surface area contributed by atoms with E-state index in [4.69, 9.17) is 5.11 Å². The lowest BCUT2D eigenvalue weighted by Gasteiger charge is -2.15. The van der Waals surface area contributed by atoms with Crippen LogP contribution in [0.3, 0.4) is 0 Å². The number of nitrogens with zero attached hydrogens (tertiary/aromatic N) is 1. The van der Waals surface area contributed by atoms with Gasteiger partial charge in [-0.3, -0.25) is 0 Å². The zero-order chi connectivity index (χ0) is 10.2. The van der Waals surface area contributed by atoms with Crippen LogP contribution in [0.15, 0.2) is 12.4 Å². The quantitative estimate of drug-likeness (QED) is 0.624. The number of aromatic nitrogens is 2. The molecule has 1 unspecified atom stereocenters. The first kappa shape index (κ1) is 11.6. The lowest BCUT2D eigenvalue weighted by molar-refractivity contribution is 0.269. The van der Waals surface area contributed by atoms with Crippen LogP contribution in [0.2, 0.25) is 0 Å². The van der Waals surface area contributed by atoms with E-state index < -0.39 is 0 Å². The van der Waals surface area contributed by atoms with Crippen LogP contribution < -0.4 is 5.32 Å². The molecule has 0 aliphatic carbocycles. The molecule has 0 aliphatic rings. The highest BCUT2D eigenvalue weighted by Gasteiger charge is 2.06. The molecule has 0 saturated carbocycles. The van der Waals surface area contributed by atoms with Gasteiger partial charge in [0.1, 0.15) is 5.82 Å². The Balaban J connectivity index is 2.25. The van der Waals surface area contributed by atoms with Gasteiger partial charge in [0, 0.05) is 30.8 Å². The van der Waals surface area contributed by atoms with E-state index in [9.17, 15) is 0 Å². The topological polar surface area (TPSA) is 60.9 Å². The number of aliphatic hydroxyl groups excluding tert-OH is 1. The van der Waals surface area contributed by atoms with Crippen LogP contribution in [0.5, 0.6) is 0 Å². The number of nitrogens with one attached hydrogen (secondary N) is 2. The third-order valence-electron chi connectivity index (χ3n) is 1.96. The Morgan fingerprint density at radius 2 is 2.57 bits per heavy atom. The summed E-state index contributed by atoms with van der Waals surface area (Å²) in [5, 5.41) is 12.2. The van der Waals surface area contributed by atoms with Gasteiger partial charge in [0.05, 0.1) is 6.54 Å². The van der Waals surface area contributed by atoms with Crippen molar-refractivity contribution in [2.75, 3.05) is 18.6 Å². The van der Waals surface area contributed by atoms with Crippen LogP contribution in [0.1, 0.15) is 12.2 Å². The van der Waals surface area contributed by atoms with Crippen molar-refractivity contribution in [3.05, 3.63) is 18.2 Å². The van der Waals surface area contributed by atoms with Gasteiger partial charge < -0.3 is 15.4 Å². The molecule has 1 atom stereocenters. The van der Waals surface area contributed by atoms with E-state index in [1.165, 1.54) is 0 Å². The van der Waals surface area contributed by atoms with Crippen LogP contribution in [0.4, 0.5) is 0 Å². The van der Waals surface area contributed by atoms with Crippen LogP contribution in [-0.2, 0) is 6.54 Å². The lowest BCUT2D eigenvalue weighted by atomic mass is 10.2. The monoisotopic (exact) mass is 215 g/mol. The first-order chi connectivity index (χ1) is 6.86. The van der Waals surface area contributed by atoms with E-state index in [2.05, 4.69) is 21.5 Å². The summed E-state index contributed by atoms with van der Waals surface area (Å²) in [4.78, 5) is 7.15. The van der Waals surface area contributed by atoms with Crippen molar-refractivity contribution in [2.45, 2.75) is 19.0 Å². The third kappa shape index (κ3) is 4.13. The molecule has 1 rings (SSSR count). The molecular formula is C9H17N3OS. The van der Waals surface area contributed by atoms with Gasteiger partial charge in [-0.1, -0.05) is 0 Å². The van der Waals surface area contributed by atoms with E-state index in [1.54, 1.807) is 18.0 Å². The van der Waals surface area contributed by atoms with Crippen molar-refractivity contribution in [1.82, 2.24) is 15.3 Å². The number of rotatable bonds is 7. The van der Waals surface area contributed by atoms with Crippen LogP contribution in [-0.4, -0.2) is 39.7 Å². The van der Waals surface area contributed by atoms with E-state index in [0.717, 1.165) is 24.5 Å². The molecular weight excluding hydrogens is 198 g/mol. The Bertz CT molecular complexity index is 222. The molecule has 0 bridgehead atoms. The second-order valence-electron chi connectivity index (χ2n) is 3.08. The van der Waals surface area contributed by atoms with Gasteiger partial charge in [-0.15, -0.1) is 0 Å².